The number of nitrogens with zero attached hydrogens (tertiary/aromatic N) is 2. The van der Waals surface area contributed by atoms with E-state index in [2.05, 4.69) is 6.92 Å². The fourth-order valence-corrected chi connectivity index (χ4v) is 5.67. The number of sulfonamides is 2. The van der Waals surface area contributed by atoms with Crippen molar-refractivity contribution in [1.29, 1.82) is 0 Å². The zero-order chi connectivity index (χ0) is 16.6. The van der Waals surface area contributed by atoms with Crippen molar-refractivity contribution in [1.82, 2.24) is 8.43 Å². The lowest BCUT2D eigenvalue weighted by molar-refractivity contribution is 0.0148. The van der Waals surface area contributed by atoms with E-state index >= 15 is 0 Å². The fraction of sp³-hybridized carbons (Fsp3) is 1.00. The molecule has 0 unspecified atom stereocenters. The molecule has 3 aliphatic rings. The lowest BCUT2D eigenvalue weighted by Gasteiger charge is -2.54. The molecule has 7 nitrogen and oxygen atoms in total. The van der Waals surface area contributed by atoms with Gasteiger partial charge in [-0.1, -0.05) is 19.8 Å². The highest BCUT2D eigenvalue weighted by molar-refractivity contribution is 7.92. The predicted octanol–water partition coefficient (Wildman–Crippen LogP) is 0.495. The van der Waals surface area contributed by atoms with E-state index in [9.17, 15) is 16.8 Å². The van der Waals surface area contributed by atoms with Gasteiger partial charge in [0.05, 0.1) is 11.5 Å². The van der Waals surface area contributed by atoms with Crippen LogP contribution in [-0.4, -0.2) is 63.7 Å². The molecule has 0 aliphatic carbocycles. The van der Waals surface area contributed by atoms with Crippen LogP contribution >= 0.6 is 0 Å². The first-order valence-electron chi connectivity index (χ1n) is 7.82. The van der Waals surface area contributed by atoms with Crippen molar-refractivity contribution < 1.29 is 21.5 Å². The summed E-state index contributed by atoms with van der Waals surface area (Å²) in [6.45, 7) is 6.31. The van der Waals surface area contributed by atoms with Gasteiger partial charge < -0.3 is 4.65 Å². The third-order valence-corrected chi connectivity index (χ3v) is 8.03. The highest BCUT2D eigenvalue weighted by Crippen LogP contribution is 2.40. The van der Waals surface area contributed by atoms with Gasteiger partial charge in [-0.15, -0.1) is 0 Å². The Bertz CT molecular complexity index is 563. The van der Waals surface area contributed by atoms with Crippen molar-refractivity contribution in [2.75, 3.05) is 31.2 Å². The summed E-state index contributed by atoms with van der Waals surface area (Å²) in [5, 5.41) is 0. The van der Waals surface area contributed by atoms with Crippen molar-refractivity contribution in [3.05, 3.63) is 0 Å². The second kappa shape index (κ2) is 6.39. The summed E-state index contributed by atoms with van der Waals surface area (Å²) in [4.78, 5) is 0. The van der Waals surface area contributed by atoms with Gasteiger partial charge in [-0.25, -0.2) is 16.8 Å². The Morgan fingerprint density at radius 3 is 1.91 bits per heavy atom. The standard InChI is InChI=1S/C12H25BN2O5S2/c1-4-7-8-12-9-14(21(16,17)5-2)13(20-11-12)15(10-12)22(18,19)6-3/h4-11H2,1-3H3. The first-order valence-corrected chi connectivity index (χ1v) is 11.0. The van der Waals surface area contributed by atoms with E-state index < -0.39 is 32.6 Å². The molecular weight excluding hydrogens is 327 g/mol. The molecule has 0 atom stereocenters. The molecule has 10 heteroatoms. The molecular formula is C12H25BN2O5S2. The van der Waals surface area contributed by atoms with Crippen LogP contribution < -0.4 is 0 Å². The van der Waals surface area contributed by atoms with Gasteiger partial charge in [0, 0.05) is 25.1 Å². The molecule has 0 radical (unpaired) electrons. The largest absolute Gasteiger partial charge is 0.507 e. The zero-order valence-corrected chi connectivity index (χ0v) is 15.1. The van der Waals surface area contributed by atoms with E-state index in [4.69, 9.17) is 4.65 Å². The summed E-state index contributed by atoms with van der Waals surface area (Å²) >= 11 is 0. The first-order chi connectivity index (χ1) is 10.2. The number of rotatable bonds is 7. The van der Waals surface area contributed by atoms with Crippen LogP contribution in [0.15, 0.2) is 0 Å². The summed E-state index contributed by atoms with van der Waals surface area (Å²) in [5.74, 6) is -0.118. The number of fused-ring (bicyclic) bond motifs is 3. The normalized spacial score (nSPS) is 23.1. The minimum atomic E-state index is -3.51. The Balaban J connectivity index is 2.40. The SMILES string of the molecule is CCCCC12COB(N(S(=O)(=O)CC)C1)N(S(=O)(=O)CC)C2. The first kappa shape index (κ1) is 18.2. The third kappa shape index (κ3) is 3.21. The molecule has 0 aromatic carbocycles. The minimum Gasteiger partial charge on any atom is -0.406 e. The van der Waals surface area contributed by atoms with Gasteiger partial charge in [-0.2, -0.15) is 8.43 Å². The molecule has 128 valence electrons. The highest BCUT2D eigenvalue weighted by Gasteiger charge is 2.59. The van der Waals surface area contributed by atoms with Gasteiger partial charge in [0.15, 0.2) is 0 Å². The average Bonchev–Trinajstić information content (AvgIpc) is 2.53. The smallest absolute Gasteiger partial charge is 0.406 e. The van der Waals surface area contributed by atoms with Crippen LogP contribution in [0.4, 0.5) is 0 Å². The topological polar surface area (TPSA) is 84.0 Å². The third-order valence-electron chi connectivity index (χ3n) is 4.52. The van der Waals surface area contributed by atoms with E-state index in [1.54, 1.807) is 13.8 Å². The molecule has 3 rings (SSSR count). The van der Waals surface area contributed by atoms with Gasteiger partial charge in [-0.3, -0.25) is 0 Å². The van der Waals surface area contributed by atoms with Crippen molar-refractivity contribution in [2.45, 2.75) is 40.0 Å². The van der Waals surface area contributed by atoms with E-state index in [0.717, 1.165) is 19.3 Å². The van der Waals surface area contributed by atoms with Gasteiger partial charge in [0.2, 0.25) is 20.0 Å². The molecule has 0 aromatic heterocycles. The maximum Gasteiger partial charge on any atom is 0.507 e. The Labute approximate surface area is 134 Å². The van der Waals surface area contributed by atoms with Gasteiger partial charge >= 0.3 is 7.19 Å². The Morgan fingerprint density at radius 1 is 1.00 bits per heavy atom. The Kier molecular flexibility index (Phi) is 5.28. The van der Waals surface area contributed by atoms with E-state index in [0.29, 0.717) is 19.7 Å². The number of hydrogen-bond donors (Lipinski definition) is 0. The molecule has 3 aliphatic heterocycles. The van der Waals surface area contributed by atoms with Crippen LogP contribution in [0.5, 0.6) is 0 Å². The van der Waals surface area contributed by atoms with Crippen LogP contribution in [0.3, 0.4) is 0 Å². The molecule has 0 saturated carbocycles. The molecule has 3 saturated heterocycles. The monoisotopic (exact) mass is 352 g/mol. The van der Waals surface area contributed by atoms with Crippen LogP contribution in [-0.2, 0) is 24.7 Å². The van der Waals surface area contributed by atoms with Crippen LogP contribution in [0, 0.1) is 5.41 Å². The van der Waals surface area contributed by atoms with E-state index in [-0.39, 0.29) is 11.5 Å². The van der Waals surface area contributed by atoms with Crippen molar-refractivity contribution in [2.24, 2.45) is 5.41 Å². The van der Waals surface area contributed by atoms with Crippen LogP contribution in [0.2, 0.25) is 0 Å². The number of unbranched alkanes of at least 4 members (excludes halogenated alkanes) is 1. The summed E-state index contributed by atoms with van der Waals surface area (Å²) < 4.78 is 57.5. The zero-order valence-electron chi connectivity index (χ0n) is 13.5. The maximum atomic E-state index is 12.3. The molecule has 2 bridgehead atoms. The second-order valence-electron chi connectivity index (χ2n) is 6.13. The van der Waals surface area contributed by atoms with Crippen molar-refractivity contribution >= 4 is 27.2 Å². The summed E-state index contributed by atoms with van der Waals surface area (Å²) in [6, 6.07) is 0. The summed E-state index contributed by atoms with van der Waals surface area (Å²) in [7, 11) is -8.04. The Morgan fingerprint density at radius 2 is 1.50 bits per heavy atom. The molecule has 0 spiro atoms. The quantitative estimate of drug-likeness (QED) is 0.623. The average molecular weight is 352 g/mol. The van der Waals surface area contributed by atoms with Gasteiger partial charge in [0.1, 0.15) is 0 Å². The fourth-order valence-electron chi connectivity index (χ4n) is 3.11. The summed E-state index contributed by atoms with van der Waals surface area (Å²) in [6.07, 6.45) is 2.67. The lowest BCUT2D eigenvalue weighted by atomic mass is 9.73. The molecule has 0 amide bonds. The maximum absolute atomic E-state index is 12.3. The van der Waals surface area contributed by atoms with Crippen LogP contribution in [0.25, 0.3) is 0 Å². The van der Waals surface area contributed by atoms with E-state index in [1.807, 2.05) is 0 Å². The number of hydrogen-bond acceptors (Lipinski definition) is 5. The predicted molar refractivity (Wildman–Crippen MR) is 86.0 cm³/mol. The highest BCUT2D eigenvalue weighted by atomic mass is 32.2. The molecule has 3 heterocycles. The lowest BCUT2D eigenvalue weighted by Crippen LogP contribution is -2.74. The van der Waals surface area contributed by atoms with Crippen molar-refractivity contribution in [3.8, 4) is 0 Å². The van der Waals surface area contributed by atoms with Gasteiger partial charge in [-0.05, 0) is 20.3 Å². The van der Waals surface area contributed by atoms with E-state index in [1.165, 1.54) is 8.43 Å². The molecule has 0 N–H and O–H groups in total. The summed E-state index contributed by atoms with van der Waals surface area (Å²) in [5.41, 5.74) is -0.435. The molecule has 22 heavy (non-hydrogen) atoms. The molecule has 0 aromatic rings. The molecule has 3 fully saturated rings. The second-order valence-corrected chi connectivity index (χ2v) is 10.6. The van der Waals surface area contributed by atoms with Crippen LogP contribution in [0.1, 0.15) is 40.0 Å². The van der Waals surface area contributed by atoms with Gasteiger partial charge in [0.25, 0.3) is 0 Å². The van der Waals surface area contributed by atoms with Crippen molar-refractivity contribution in [3.63, 3.8) is 0 Å². The Hall–Kier alpha value is -0.155. The minimum absolute atomic E-state index is 0.0588.